The molecule has 2 nitrogen and oxygen atoms in total. The van der Waals surface area contributed by atoms with Crippen molar-refractivity contribution in [1.29, 1.82) is 0 Å². The van der Waals surface area contributed by atoms with Gasteiger partial charge in [0.05, 0.1) is 0 Å². The molecule has 0 spiro atoms. The molecule has 0 N–H and O–H groups in total. The average molecular weight is 316 g/mol. The zero-order chi connectivity index (χ0) is 16.1. The molecule has 0 aliphatic heterocycles. The molecule has 3 aliphatic carbocycles. The Hall–Kier alpha value is -1.00. The maximum Gasteiger partial charge on any atom is 0.422 e. The number of esters is 1. The van der Waals surface area contributed by atoms with Crippen LogP contribution in [0.1, 0.15) is 45.4 Å². The Morgan fingerprint density at radius 2 is 1.86 bits per heavy atom. The predicted octanol–water partition coefficient (Wildman–Crippen LogP) is 4.50. The molecule has 124 valence electrons. The summed E-state index contributed by atoms with van der Waals surface area (Å²) in [5.74, 6) is 1.10. The van der Waals surface area contributed by atoms with Gasteiger partial charge in [0.25, 0.3) is 0 Å². The highest BCUT2D eigenvalue weighted by Gasteiger charge is 2.54. The second-order valence-electron chi connectivity index (χ2n) is 7.29. The van der Waals surface area contributed by atoms with Crippen molar-refractivity contribution in [3.05, 3.63) is 12.2 Å². The van der Waals surface area contributed by atoms with E-state index in [1.165, 1.54) is 12.8 Å². The summed E-state index contributed by atoms with van der Waals surface area (Å²) in [7, 11) is 0. The maximum atomic E-state index is 12.6. The maximum absolute atomic E-state index is 12.6. The Morgan fingerprint density at radius 3 is 2.50 bits per heavy atom. The van der Waals surface area contributed by atoms with Gasteiger partial charge in [-0.15, -0.1) is 0 Å². The van der Waals surface area contributed by atoms with Crippen LogP contribution in [0.15, 0.2) is 12.2 Å². The minimum atomic E-state index is -4.71. The van der Waals surface area contributed by atoms with E-state index < -0.39 is 17.7 Å². The van der Waals surface area contributed by atoms with Crippen LogP contribution in [0.25, 0.3) is 0 Å². The van der Waals surface area contributed by atoms with Crippen LogP contribution in [0.2, 0.25) is 0 Å². The van der Waals surface area contributed by atoms with Gasteiger partial charge in [0.1, 0.15) is 11.7 Å². The lowest BCUT2D eigenvalue weighted by Gasteiger charge is -2.45. The first kappa shape index (κ1) is 15.9. The SMILES string of the molecule is C=C(C(=O)O[C@H]1C2CC3CC(C2)C(C3)C1CCC)C(F)(F)F. The molecule has 3 rings (SSSR count). The van der Waals surface area contributed by atoms with Crippen molar-refractivity contribution in [1.82, 2.24) is 0 Å². The van der Waals surface area contributed by atoms with E-state index in [2.05, 4.69) is 13.5 Å². The Balaban J connectivity index is 1.76. The highest BCUT2D eigenvalue weighted by Crippen LogP contribution is 2.59. The number of fused-ring (bicyclic) bond motifs is 2. The number of hydrogen-bond acceptors (Lipinski definition) is 2. The Kier molecular flexibility index (Phi) is 4.02. The van der Waals surface area contributed by atoms with Crippen molar-refractivity contribution in [3.8, 4) is 0 Å². The molecular weight excluding hydrogens is 293 g/mol. The van der Waals surface area contributed by atoms with Crippen molar-refractivity contribution >= 4 is 5.97 Å². The summed E-state index contributed by atoms with van der Waals surface area (Å²) in [5, 5.41) is 0. The molecule has 22 heavy (non-hydrogen) atoms. The van der Waals surface area contributed by atoms with E-state index in [4.69, 9.17) is 4.74 Å². The van der Waals surface area contributed by atoms with E-state index in [0.29, 0.717) is 17.8 Å². The van der Waals surface area contributed by atoms with E-state index in [1.807, 2.05) is 0 Å². The molecule has 3 bridgehead atoms. The summed E-state index contributed by atoms with van der Waals surface area (Å²) in [6.45, 7) is 4.95. The summed E-state index contributed by atoms with van der Waals surface area (Å²) < 4.78 is 43.3. The molecule has 0 heterocycles. The molecular formula is C17H23F3O2. The van der Waals surface area contributed by atoms with E-state index >= 15 is 0 Å². The largest absolute Gasteiger partial charge is 0.458 e. The number of ether oxygens (including phenoxy) is 1. The van der Waals surface area contributed by atoms with Gasteiger partial charge in [0.2, 0.25) is 0 Å². The first-order valence-corrected chi connectivity index (χ1v) is 8.28. The van der Waals surface area contributed by atoms with Crippen molar-refractivity contribution in [2.24, 2.45) is 29.6 Å². The summed E-state index contributed by atoms with van der Waals surface area (Å²) in [6, 6.07) is 0. The summed E-state index contributed by atoms with van der Waals surface area (Å²) in [4.78, 5) is 11.8. The van der Waals surface area contributed by atoms with Crippen LogP contribution >= 0.6 is 0 Å². The van der Waals surface area contributed by atoms with Crippen LogP contribution in [0.5, 0.6) is 0 Å². The lowest BCUT2D eigenvalue weighted by atomic mass is 9.64. The number of carbonyl (C=O) groups is 1. The number of carbonyl (C=O) groups excluding carboxylic acids is 1. The van der Waals surface area contributed by atoms with Gasteiger partial charge in [-0.1, -0.05) is 19.9 Å². The molecule has 6 atom stereocenters. The third-order valence-electron chi connectivity index (χ3n) is 5.98. The van der Waals surface area contributed by atoms with Gasteiger partial charge in [0, 0.05) is 0 Å². The summed E-state index contributed by atoms with van der Waals surface area (Å²) in [5.41, 5.74) is -1.38. The van der Waals surface area contributed by atoms with Crippen LogP contribution in [-0.4, -0.2) is 18.2 Å². The second kappa shape index (κ2) is 5.57. The minimum absolute atomic E-state index is 0.228. The zero-order valence-electron chi connectivity index (χ0n) is 12.9. The van der Waals surface area contributed by atoms with Crippen LogP contribution in [-0.2, 0) is 9.53 Å². The quantitative estimate of drug-likeness (QED) is 0.564. The molecule has 5 heteroatoms. The normalized spacial score (nSPS) is 39.8. The monoisotopic (exact) mass is 316 g/mol. The molecule has 0 aromatic heterocycles. The van der Waals surface area contributed by atoms with Gasteiger partial charge < -0.3 is 4.74 Å². The molecule has 0 radical (unpaired) electrons. The molecule has 0 aromatic carbocycles. The lowest BCUT2D eigenvalue weighted by Crippen LogP contribution is -2.45. The molecule has 3 fully saturated rings. The lowest BCUT2D eigenvalue weighted by molar-refractivity contribution is -0.167. The fraction of sp³-hybridized carbons (Fsp3) is 0.824. The van der Waals surface area contributed by atoms with Crippen molar-refractivity contribution in [3.63, 3.8) is 0 Å². The van der Waals surface area contributed by atoms with Crippen molar-refractivity contribution < 1.29 is 22.7 Å². The second-order valence-corrected chi connectivity index (χ2v) is 7.29. The van der Waals surface area contributed by atoms with Crippen molar-refractivity contribution in [2.45, 2.75) is 57.7 Å². The fourth-order valence-electron chi connectivity index (χ4n) is 5.24. The van der Waals surface area contributed by atoms with E-state index in [-0.39, 0.29) is 17.9 Å². The van der Waals surface area contributed by atoms with Crippen molar-refractivity contribution in [2.75, 3.05) is 0 Å². The average Bonchev–Trinajstić information content (AvgIpc) is 2.69. The smallest absolute Gasteiger partial charge is 0.422 e. The van der Waals surface area contributed by atoms with Crippen LogP contribution in [0.3, 0.4) is 0 Å². The van der Waals surface area contributed by atoms with E-state index in [1.54, 1.807) is 0 Å². The fourth-order valence-corrected chi connectivity index (χ4v) is 5.24. The number of rotatable bonds is 4. The number of alkyl halides is 3. The van der Waals surface area contributed by atoms with Crippen LogP contribution < -0.4 is 0 Å². The van der Waals surface area contributed by atoms with E-state index in [9.17, 15) is 18.0 Å². The Bertz CT molecular complexity index is 469. The number of halogens is 3. The van der Waals surface area contributed by atoms with Crippen LogP contribution in [0.4, 0.5) is 13.2 Å². The third-order valence-corrected chi connectivity index (χ3v) is 5.98. The Labute approximate surface area is 129 Å². The van der Waals surface area contributed by atoms with Gasteiger partial charge >= 0.3 is 12.1 Å². The zero-order valence-corrected chi connectivity index (χ0v) is 12.9. The molecule has 5 unspecified atom stereocenters. The minimum Gasteiger partial charge on any atom is -0.458 e. The number of hydrogen-bond donors (Lipinski definition) is 0. The van der Waals surface area contributed by atoms with Gasteiger partial charge in [0.15, 0.2) is 0 Å². The summed E-state index contributed by atoms with van der Waals surface area (Å²) in [6.07, 6.45) is 1.29. The van der Waals surface area contributed by atoms with Gasteiger partial charge in [-0.25, -0.2) is 4.79 Å². The molecule has 3 aliphatic rings. The molecule has 3 saturated carbocycles. The topological polar surface area (TPSA) is 26.3 Å². The summed E-state index contributed by atoms with van der Waals surface area (Å²) >= 11 is 0. The van der Waals surface area contributed by atoms with Gasteiger partial charge in [-0.05, 0) is 61.7 Å². The van der Waals surface area contributed by atoms with E-state index in [0.717, 1.165) is 25.7 Å². The van der Waals surface area contributed by atoms with Crippen LogP contribution in [0, 0.1) is 29.6 Å². The standard InChI is InChI=1S/C17H23F3O2/c1-3-4-13-14-7-10-5-11(14)8-12(6-10)15(13)22-16(21)9(2)17(18,19)20/h10-15H,2-8H2,1H3/t10?,11?,12?,13?,14?,15-/m0/s1. The Morgan fingerprint density at radius 1 is 1.18 bits per heavy atom. The first-order chi connectivity index (χ1) is 10.3. The molecule has 0 saturated heterocycles. The highest BCUT2D eigenvalue weighted by atomic mass is 19.4. The van der Waals surface area contributed by atoms with Gasteiger partial charge in [-0.2, -0.15) is 13.2 Å². The predicted molar refractivity (Wildman–Crippen MR) is 75.9 cm³/mol. The molecule has 0 aromatic rings. The highest BCUT2D eigenvalue weighted by molar-refractivity contribution is 5.89. The third kappa shape index (κ3) is 2.67. The molecule has 0 amide bonds. The first-order valence-electron chi connectivity index (χ1n) is 8.28. The van der Waals surface area contributed by atoms with Gasteiger partial charge in [-0.3, -0.25) is 0 Å².